The van der Waals surface area contributed by atoms with Crippen molar-refractivity contribution in [3.63, 3.8) is 0 Å². The first kappa shape index (κ1) is 19.7. The van der Waals surface area contributed by atoms with Crippen molar-refractivity contribution in [2.45, 2.75) is 26.3 Å². The zero-order valence-corrected chi connectivity index (χ0v) is 17.4. The number of ether oxygens (including phenoxy) is 2. The summed E-state index contributed by atoms with van der Waals surface area (Å²) in [5.74, 6) is 1.24. The van der Waals surface area contributed by atoms with Gasteiger partial charge in [-0.05, 0) is 50.1 Å². The first-order valence-electron chi connectivity index (χ1n) is 10.0. The average Bonchev–Trinajstić information content (AvgIpc) is 3.42. The van der Waals surface area contributed by atoms with Crippen LogP contribution in [-0.2, 0) is 6.42 Å². The smallest absolute Gasteiger partial charge is 0.350 e. The molecule has 2 aliphatic heterocycles. The van der Waals surface area contributed by atoms with E-state index in [9.17, 15) is 14.9 Å². The third-order valence-electron chi connectivity index (χ3n) is 5.58. The Balaban J connectivity index is 1.69. The Morgan fingerprint density at radius 3 is 2.69 bits per heavy atom. The molecule has 0 fully saturated rings. The Labute approximate surface area is 182 Å². The quantitative estimate of drug-likeness (QED) is 0.452. The maximum absolute atomic E-state index is 13.2. The fourth-order valence-electron chi connectivity index (χ4n) is 3.98. The van der Waals surface area contributed by atoms with E-state index in [0.717, 1.165) is 11.1 Å². The normalized spacial score (nSPS) is 16.9. The highest BCUT2D eigenvalue weighted by Crippen LogP contribution is 2.38. The molecule has 2 aliphatic rings. The Bertz CT molecular complexity index is 1270. The van der Waals surface area contributed by atoms with Gasteiger partial charge in [0, 0.05) is 35.2 Å². The van der Waals surface area contributed by atoms with Crippen LogP contribution in [0.1, 0.15) is 29.2 Å². The number of carbonyl (C=O) groups excluding carboxylic acids is 1. The molecule has 0 aliphatic carbocycles. The summed E-state index contributed by atoms with van der Waals surface area (Å²) in [4.78, 5) is 28.0. The van der Waals surface area contributed by atoms with Gasteiger partial charge in [-0.1, -0.05) is 0 Å². The lowest BCUT2D eigenvalue weighted by Crippen LogP contribution is -2.37. The molecule has 10 heteroatoms. The minimum absolute atomic E-state index is 0.0219. The highest BCUT2D eigenvalue weighted by atomic mass is 16.7. The largest absolute Gasteiger partial charge is 0.454 e. The van der Waals surface area contributed by atoms with Gasteiger partial charge in [-0.2, -0.15) is 5.10 Å². The van der Waals surface area contributed by atoms with Crippen LogP contribution >= 0.6 is 0 Å². The number of benzene rings is 2. The van der Waals surface area contributed by atoms with Gasteiger partial charge in [-0.25, -0.2) is 14.8 Å². The number of hydrazone groups is 1. The number of imidazole rings is 1. The number of amides is 1. The molecule has 10 nitrogen and oxygen atoms in total. The number of hydrogen-bond donors (Lipinski definition) is 0. The van der Waals surface area contributed by atoms with Crippen molar-refractivity contribution in [3.8, 4) is 11.5 Å². The number of carbonyl (C=O) groups is 1. The third kappa shape index (κ3) is 3.25. The molecular weight excluding hydrogens is 414 g/mol. The predicted octanol–water partition coefficient (Wildman–Crippen LogP) is 3.50. The second-order valence-electron chi connectivity index (χ2n) is 7.72. The predicted molar refractivity (Wildman–Crippen MR) is 114 cm³/mol. The lowest BCUT2D eigenvalue weighted by atomic mass is 9.93. The molecule has 0 saturated heterocycles. The molecule has 1 aromatic heterocycles. The summed E-state index contributed by atoms with van der Waals surface area (Å²) in [5.41, 5.74) is 3.43. The van der Waals surface area contributed by atoms with Gasteiger partial charge < -0.3 is 9.47 Å². The standard InChI is InChI=1S/C22H19N5O5/c1-13-7-15(3-4-18(13)27(29)30)21-17-10-20-19(31-12-32-20)9-16(17)8-14(2)26(24-21)22(28)25-6-5-23-11-25/h3-7,9-11,14H,8,12H2,1-2H3. The van der Waals surface area contributed by atoms with Gasteiger partial charge in [0.25, 0.3) is 5.69 Å². The van der Waals surface area contributed by atoms with E-state index in [1.54, 1.807) is 25.3 Å². The number of aromatic nitrogens is 2. The molecule has 1 amide bonds. The number of nitro groups is 1. The van der Waals surface area contributed by atoms with Crippen LogP contribution in [0.3, 0.4) is 0 Å². The number of aryl methyl sites for hydroxylation is 1. The van der Waals surface area contributed by atoms with E-state index in [-0.39, 0.29) is 24.6 Å². The number of fused-ring (bicyclic) bond motifs is 2. The van der Waals surface area contributed by atoms with Gasteiger partial charge in [0.2, 0.25) is 6.79 Å². The lowest BCUT2D eigenvalue weighted by Gasteiger charge is -2.23. The van der Waals surface area contributed by atoms with E-state index in [1.165, 1.54) is 28.2 Å². The average molecular weight is 433 g/mol. The first-order valence-corrected chi connectivity index (χ1v) is 10.0. The molecule has 162 valence electrons. The molecule has 5 rings (SSSR count). The monoisotopic (exact) mass is 433 g/mol. The summed E-state index contributed by atoms with van der Waals surface area (Å²) in [5, 5.41) is 17.5. The minimum Gasteiger partial charge on any atom is -0.454 e. The van der Waals surface area contributed by atoms with E-state index in [4.69, 9.17) is 14.6 Å². The van der Waals surface area contributed by atoms with Crippen LogP contribution in [-0.4, -0.2) is 44.1 Å². The highest BCUT2D eigenvalue weighted by molar-refractivity contribution is 6.14. The van der Waals surface area contributed by atoms with E-state index < -0.39 is 4.92 Å². The van der Waals surface area contributed by atoms with Crippen LogP contribution in [0.25, 0.3) is 0 Å². The molecule has 0 saturated carbocycles. The molecule has 32 heavy (non-hydrogen) atoms. The number of rotatable bonds is 2. The van der Waals surface area contributed by atoms with Crippen molar-refractivity contribution >= 4 is 17.4 Å². The molecule has 2 aromatic carbocycles. The molecule has 0 N–H and O–H groups in total. The Kier molecular flexibility index (Phi) is 4.62. The highest BCUT2D eigenvalue weighted by Gasteiger charge is 2.30. The Hall–Kier alpha value is -4.21. The van der Waals surface area contributed by atoms with Crippen molar-refractivity contribution in [2.75, 3.05) is 6.79 Å². The summed E-state index contributed by atoms with van der Waals surface area (Å²) in [6.45, 7) is 3.73. The van der Waals surface area contributed by atoms with Crippen LogP contribution in [0, 0.1) is 17.0 Å². The molecule has 0 radical (unpaired) electrons. The maximum atomic E-state index is 13.2. The van der Waals surface area contributed by atoms with Gasteiger partial charge in [0.05, 0.1) is 16.7 Å². The molecule has 0 bridgehead atoms. The fraction of sp³-hybridized carbons (Fsp3) is 0.227. The number of nitrogens with zero attached hydrogens (tertiary/aromatic N) is 5. The van der Waals surface area contributed by atoms with Gasteiger partial charge in [-0.3, -0.25) is 14.7 Å². The topological polar surface area (TPSA) is 112 Å². The maximum Gasteiger partial charge on any atom is 0.350 e. The second kappa shape index (κ2) is 7.49. The van der Waals surface area contributed by atoms with Crippen molar-refractivity contribution in [3.05, 3.63) is 81.4 Å². The first-order chi connectivity index (χ1) is 15.4. The van der Waals surface area contributed by atoms with Gasteiger partial charge in [-0.15, -0.1) is 0 Å². The molecule has 3 heterocycles. The van der Waals surface area contributed by atoms with Crippen LogP contribution in [0.2, 0.25) is 0 Å². The zero-order valence-electron chi connectivity index (χ0n) is 17.4. The SMILES string of the molecule is Cc1cc(C2=NN(C(=O)n3ccnc3)C(C)Cc3cc4c(cc32)OCO4)ccc1[N+](=O)[O-]. The van der Waals surface area contributed by atoms with E-state index in [0.29, 0.717) is 34.8 Å². The third-order valence-corrected chi connectivity index (χ3v) is 5.58. The molecule has 1 unspecified atom stereocenters. The second-order valence-corrected chi connectivity index (χ2v) is 7.72. The van der Waals surface area contributed by atoms with Crippen LogP contribution in [0.5, 0.6) is 11.5 Å². The van der Waals surface area contributed by atoms with E-state index in [1.807, 2.05) is 19.1 Å². The van der Waals surface area contributed by atoms with Crippen LogP contribution in [0.15, 0.2) is 54.2 Å². The van der Waals surface area contributed by atoms with Crippen molar-refractivity contribution in [1.29, 1.82) is 0 Å². The molecule has 0 spiro atoms. The lowest BCUT2D eigenvalue weighted by molar-refractivity contribution is -0.385. The summed E-state index contributed by atoms with van der Waals surface area (Å²) in [6.07, 6.45) is 5.05. The number of nitro benzene ring substituents is 1. The molecular formula is C22H19N5O5. The van der Waals surface area contributed by atoms with Crippen molar-refractivity contribution in [1.82, 2.24) is 14.6 Å². The van der Waals surface area contributed by atoms with E-state index in [2.05, 4.69) is 4.98 Å². The number of hydrogen-bond acceptors (Lipinski definition) is 7. The molecule has 1 atom stereocenters. The molecule has 3 aromatic rings. The summed E-state index contributed by atoms with van der Waals surface area (Å²) < 4.78 is 12.5. The summed E-state index contributed by atoms with van der Waals surface area (Å²) >= 11 is 0. The van der Waals surface area contributed by atoms with E-state index >= 15 is 0 Å². The Morgan fingerprint density at radius 1 is 1.22 bits per heavy atom. The van der Waals surface area contributed by atoms with Gasteiger partial charge >= 0.3 is 6.03 Å². The van der Waals surface area contributed by atoms with Crippen LogP contribution < -0.4 is 9.47 Å². The summed E-state index contributed by atoms with van der Waals surface area (Å²) in [6, 6.07) is 7.96. The van der Waals surface area contributed by atoms with Crippen molar-refractivity contribution in [2.24, 2.45) is 5.10 Å². The Morgan fingerprint density at radius 2 is 2.00 bits per heavy atom. The van der Waals surface area contributed by atoms with Crippen LogP contribution in [0.4, 0.5) is 10.5 Å². The zero-order chi connectivity index (χ0) is 22.4. The fourth-order valence-corrected chi connectivity index (χ4v) is 3.98. The van der Waals surface area contributed by atoms with Gasteiger partial charge in [0.15, 0.2) is 11.5 Å². The minimum atomic E-state index is -0.420. The van der Waals surface area contributed by atoms with Gasteiger partial charge in [0.1, 0.15) is 6.33 Å². The summed E-state index contributed by atoms with van der Waals surface area (Å²) in [7, 11) is 0. The van der Waals surface area contributed by atoms with Crippen molar-refractivity contribution < 1.29 is 19.2 Å².